The van der Waals surface area contributed by atoms with Gasteiger partial charge in [0.05, 0.1) is 5.56 Å². The molecule has 0 aromatic heterocycles. The van der Waals surface area contributed by atoms with E-state index in [9.17, 15) is 4.79 Å². The third-order valence-corrected chi connectivity index (χ3v) is 2.56. The zero-order valence-corrected chi connectivity index (χ0v) is 13.3. The van der Waals surface area contributed by atoms with Gasteiger partial charge in [0.1, 0.15) is 6.10 Å². The van der Waals surface area contributed by atoms with E-state index in [1.54, 1.807) is 12.1 Å². The van der Waals surface area contributed by atoms with Crippen molar-refractivity contribution in [2.45, 2.75) is 13.0 Å². The van der Waals surface area contributed by atoms with Crippen molar-refractivity contribution in [3.63, 3.8) is 0 Å². The molecule has 2 aromatic carbocycles. The largest absolute Gasteiger partial charge is 0.454 e. The number of benzene rings is 2. The summed E-state index contributed by atoms with van der Waals surface area (Å²) < 4.78 is 5.38. The Balaban J connectivity index is 0.00000162. The van der Waals surface area contributed by atoms with Crippen LogP contribution in [0.2, 0.25) is 0 Å². The van der Waals surface area contributed by atoms with E-state index >= 15 is 0 Å². The van der Waals surface area contributed by atoms with Crippen molar-refractivity contribution in [1.29, 1.82) is 0 Å². The molecule has 0 aliphatic heterocycles. The Kier molecular flexibility index (Phi) is 5.74. The SMILES string of the molecule is CC(OC(=O)c1ccccc1)c1ccccc1.[Zn]. The summed E-state index contributed by atoms with van der Waals surface area (Å²) in [5, 5.41) is 0. The van der Waals surface area contributed by atoms with Gasteiger partial charge >= 0.3 is 5.97 Å². The first-order valence-corrected chi connectivity index (χ1v) is 5.58. The van der Waals surface area contributed by atoms with Gasteiger partial charge in [-0.1, -0.05) is 48.5 Å². The summed E-state index contributed by atoms with van der Waals surface area (Å²) in [5.74, 6) is -0.290. The molecule has 0 heterocycles. The van der Waals surface area contributed by atoms with Gasteiger partial charge in [-0.05, 0) is 24.6 Å². The molecule has 0 saturated heterocycles. The number of carbonyl (C=O) groups excluding carboxylic acids is 1. The molecule has 0 saturated carbocycles. The van der Waals surface area contributed by atoms with Crippen LogP contribution in [0.1, 0.15) is 28.9 Å². The van der Waals surface area contributed by atoms with Gasteiger partial charge in [0, 0.05) is 19.5 Å². The van der Waals surface area contributed by atoms with Gasteiger partial charge in [0.15, 0.2) is 0 Å². The standard InChI is InChI=1S/C15H14O2.Zn/c1-12(13-8-4-2-5-9-13)17-15(16)14-10-6-3-7-11-14;/h2-12H,1H3;. The normalized spacial score (nSPS) is 11.2. The van der Waals surface area contributed by atoms with Gasteiger partial charge in [-0.3, -0.25) is 0 Å². The summed E-state index contributed by atoms with van der Waals surface area (Å²) in [6.45, 7) is 1.87. The van der Waals surface area contributed by atoms with E-state index in [-0.39, 0.29) is 31.6 Å². The van der Waals surface area contributed by atoms with E-state index in [0.717, 1.165) is 5.56 Å². The van der Waals surface area contributed by atoms with Crippen LogP contribution in [0.15, 0.2) is 60.7 Å². The van der Waals surface area contributed by atoms with Crippen LogP contribution in [-0.4, -0.2) is 5.97 Å². The maximum absolute atomic E-state index is 11.8. The molecule has 3 heteroatoms. The van der Waals surface area contributed by atoms with E-state index in [2.05, 4.69) is 0 Å². The first-order chi connectivity index (χ1) is 8.27. The van der Waals surface area contributed by atoms with Gasteiger partial charge < -0.3 is 4.74 Å². The molecule has 1 unspecified atom stereocenters. The first kappa shape index (κ1) is 14.6. The van der Waals surface area contributed by atoms with Gasteiger partial charge in [-0.2, -0.15) is 0 Å². The average Bonchev–Trinajstić information content (AvgIpc) is 2.40. The fourth-order valence-electron chi connectivity index (χ4n) is 1.59. The van der Waals surface area contributed by atoms with Gasteiger partial charge in [0.2, 0.25) is 0 Å². The smallest absolute Gasteiger partial charge is 0.338 e. The number of esters is 1. The molecule has 2 nitrogen and oxygen atoms in total. The van der Waals surface area contributed by atoms with E-state index in [1.165, 1.54) is 0 Å². The molecule has 1 atom stereocenters. The predicted molar refractivity (Wildman–Crippen MR) is 66.7 cm³/mol. The second-order valence-corrected chi connectivity index (χ2v) is 3.82. The summed E-state index contributed by atoms with van der Waals surface area (Å²) in [6.07, 6.45) is -0.232. The molecule has 0 aliphatic rings. The van der Waals surface area contributed by atoms with Gasteiger partial charge in [-0.25, -0.2) is 4.79 Å². The first-order valence-electron chi connectivity index (χ1n) is 5.58. The van der Waals surface area contributed by atoms with Crippen LogP contribution < -0.4 is 0 Å². The molecule has 2 aromatic rings. The van der Waals surface area contributed by atoms with Gasteiger partial charge in [0.25, 0.3) is 0 Å². The molecular formula is C15H14O2Zn. The topological polar surface area (TPSA) is 26.3 Å². The zero-order valence-electron chi connectivity index (χ0n) is 10.4. The summed E-state index contributed by atoms with van der Waals surface area (Å²) in [4.78, 5) is 11.8. The Morgan fingerprint density at radius 1 is 0.944 bits per heavy atom. The minimum Gasteiger partial charge on any atom is -0.454 e. The Morgan fingerprint density at radius 2 is 1.44 bits per heavy atom. The minimum absolute atomic E-state index is 0. The van der Waals surface area contributed by atoms with Crippen molar-refractivity contribution in [2.24, 2.45) is 0 Å². The van der Waals surface area contributed by atoms with Crippen LogP contribution in [0.5, 0.6) is 0 Å². The van der Waals surface area contributed by atoms with Gasteiger partial charge in [-0.15, -0.1) is 0 Å². The third kappa shape index (κ3) is 3.78. The molecule has 88 valence electrons. The van der Waals surface area contributed by atoms with Crippen molar-refractivity contribution >= 4 is 5.97 Å². The predicted octanol–water partition coefficient (Wildman–Crippen LogP) is 3.60. The van der Waals surface area contributed by atoms with Crippen molar-refractivity contribution < 1.29 is 29.0 Å². The fourth-order valence-corrected chi connectivity index (χ4v) is 1.59. The molecule has 0 aliphatic carbocycles. The van der Waals surface area contributed by atoms with Crippen molar-refractivity contribution in [3.05, 3.63) is 71.8 Å². The van der Waals surface area contributed by atoms with Crippen LogP contribution in [0.4, 0.5) is 0 Å². The van der Waals surface area contributed by atoms with E-state index in [0.29, 0.717) is 5.56 Å². The molecule has 0 fully saturated rings. The molecule has 2 rings (SSSR count). The van der Waals surface area contributed by atoms with Crippen LogP contribution in [-0.2, 0) is 24.2 Å². The molecule has 0 bridgehead atoms. The maximum atomic E-state index is 11.8. The summed E-state index contributed by atoms with van der Waals surface area (Å²) in [5.41, 5.74) is 1.58. The van der Waals surface area contributed by atoms with Crippen LogP contribution in [0.3, 0.4) is 0 Å². The monoisotopic (exact) mass is 290 g/mol. The zero-order chi connectivity index (χ0) is 12.1. The molecule has 0 N–H and O–H groups in total. The number of hydrogen-bond acceptors (Lipinski definition) is 2. The maximum Gasteiger partial charge on any atom is 0.338 e. The second kappa shape index (κ2) is 7.08. The Hall–Kier alpha value is -1.47. The van der Waals surface area contributed by atoms with E-state index in [1.807, 2.05) is 55.5 Å². The number of hydrogen-bond donors (Lipinski definition) is 0. The second-order valence-electron chi connectivity index (χ2n) is 3.82. The number of carbonyl (C=O) groups is 1. The molecule has 0 spiro atoms. The molecular weight excluding hydrogens is 278 g/mol. The fraction of sp³-hybridized carbons (Fsp3) is 0.133. The van der Waals surface area contributed by atoms with Crippen molar-refractivity contribution in [2.75, 3.05) is 0 Å². The molecule has 0 amide bonds. The summed E-state index contributed by atoms with van der Waals surface area (Å²) in [6, 6.07) is 18.7. The Labute approximate surface area is 120 Å². The number of rotatable bonds is 3. The number of ether oxygens (including phenoxy) is 1. The van der Waals surface area contributed by atoms with Crippen molar-refractivity contribution in [3.8, 4) is 0 Å². The van der Waals surface area contributed by atoms with Crippen molar-refractivity contribution in [1.82, 2.24) is 0 Å². The summed E-state index contributed by atoms with van der Waals surface area (Å²) >= 11 is 0. The van der Waals surface area contributed by atoms with Crippen LogP contribution in [0.25, 0.3) is 0 Å². The van der Waals surface area contributed by atoms with E-state index < -0.39 is 0 Å². The van der Waals surface area contributed by atoms with Crippen LogP contribution >= 0.6 is 0 Å². The quantitative estimate of drug-likeness (QED) is 0.638. The average molecular weight is 292 g/mol. The third-order valence-electron chi connectivity index (χ3n) is 2.56. The Morgan fingerprint density at radius 3 is 2.00 bits per heavy atom. The van der Waals surface area contributed by atoms with Crippen LogP contribution in [0, 0.1) is 0 Å². The molecule has 0 radical (unpaired) electrons. The Bertz CT molecular complexity index is 482. The summed E-state index contributed by atoms with van der Waals surface area (Å²) in [7, 11) is 0. The molecule has 18 heavy (non-hydrogen) atoms. The van der Waals surface area contributed by atoms with E-state index in [4.69, 9.17) is 4.74 Å². The minimum atomic E-state index is -0.290.